The molecule has 0 aliphatic carbocycles. The number of allylic oxidation sites excluding steroid dienone is 1. The van der Waals surface area contributed by atoms with Crippen LogP contribution in [0.25, 0.3) is 0 Å². The predicted molar refractivity (Wildman–Crippen MR) is 88.8 cm³/mol. The van der Waals surface area contributed by atoms with Crippen LogP contribution in [0.1, 0.15) is 53.9 Å². The molecule has 2 aliphatic heterocycles. The van der Waals surface area contributed by atoms with E-state index in [4.69, 9.17) is 4.74 Å². The molecular weight excluding hydrogens is 260 g/mol. The van der Waals surface area contributed by atoms with Crippen molar-refractivity contribution in [1.29, 1.82) is 0 Å². The highest BCUT2D eigenvalue weighted by molar-refractivity contribution is 5.19. The molecule has 120 valence electrons. The molecule has 1 N–H and O–H groups in total. The highest BCUT2D eigenvalue weighted by Crippen LogP contribution is 2.27. The molecule has 0 bridgehead atoms. The van der Waals surface area contributed by atoms with Gasteiger partial charge in [-0.2, -0.15) is 0 Å². The molecule has 0 aromatic heterocycles. The minimum absolute atomic E-state index is 0.178. The lowest BCUT2D eigenvalue weighted by Crippen LogP contribution is -2.35. The van der Waals surface area contributed by atoms with Gasteiger partial charge in [0.1, 0.15) is 6.23 Å². The number of ether oxygens (including phenoxy) is 1. The van der Waals surface area contributed by atoms with Crippen LogP contribution in [-0.4, -0.2) is 30.8 Å². The minimum Gasteiger partial charge on any atom is -0.388 e. The van der Waals surface area contributed by atoms with E-state index in [2.05, 4.69) is 50.9 Å². The van der Waals surface area contributed by atoms with Crippen molar-refractivity contribution in [2.45, 2.75) is 60.1 Å². The quantitative estimate of drug-likeness (QED) is 0.770. The second kappa shape index (κ2) is 7.35. The Morgan fingerprint density at radius 3 is 2.67 bits per heavy atom. The SMILES string of the molecule is CC[C@@H](CO[C@H](C)N1CCC=C1C(C)C)C1=C(C)CCN1. The van der Waals surface area contributed by atoms with Crippen LogP contribution < -0.4 is 5.32 Å². The lowest BCUT2D eigenvalue weighted by molar-refractivity contribution is -0.0408. The summed E-state index contributed by atoms with van der Waals surface area (Å²) in [5.74, 6) is 1.10. The average molecular weight is 292 g/mol. The van der Waals surface area contributed by atoms with Crippen LogP contribution in [0.5, 0.6) is 0 Å². The number of hydrogen-bond acceptors (Lipinski definition) is 3. The van der Waals surface area contributed by atoms with Gasteiger partial charge in [-0.05, 0) is 39.0 Å². The molecule has 0 saturated carbocycles. The predicted octanol–water partition coefficient (Wildman–Crippen LogP) is 3.89. The van der Waals surface area contributed by atoms with Gasteiger partial charge in [-0.1, -0.05) is 32.4 Å². The van der Waals surface area contributed by atoms with Gasteiger partial charge < -0.3 is 15.0 Å². The van der Waals surface area contributed by atoms with E-state index in [-0.39, 0.29) is 6.23 Å². The van der Waals surface area contributed by atoms with Gasteiger partial charge in [0.05, 0.1) is 6.61 Å². The van der Waals surface area contributed by atoms with Crippen molar-refractivity contribution in [3.05, 3.63) is 23.0 Å². The highest BCUT2D eigenvalue weighted by Gasteiger charge is 2.25. The van der Waals surface area contributed by atoms with E-state index in [1.54, 1.807) is 0 Å². The summed E-state index contributed by atoms with van der Waals surface area (Å²) in [6, 6.07) is 0. The first-order valence-corrected chi connectivity index (χ1v) is 8.56. The number of rotatable bonds is 7. The van der Waals surface area contributed by atoms with Crippen LogP contribution in [0, 0.1) is 11.8 Å². The second-order valence-corrected chi connectivity index (χ2v) is 6.67. The first-order valence-electron chi connectivity index (χ1n) is 8.56. The van der Waals surface area contributed by atoms with Crippen molar-refractivity contribution in [2.75, 3.05) is 19.7 Å². The van der Waals surface area contributed by atoms with Crippen LogP contribution in [-0.2, 0) is 4.74 Å². The standard InChI is InChI=1S/C18H32N2O/c1-6-16(18-14(4)9-10-19-18)12-21-15(5)20-11-7-8-17(20)13(2)3/h8,13,15-16,19H,6-7,9-12H2,1-5H3/t15-,16+/m1/s1. The number of hydrogen-bond donors (Lipinski definition) is 1. The Kier molecular flexibility index (Phi) is 5.74. The molecule has 0 amide bonds. The van der Waals surface area contributed by atoms with Gasteiger partial charge in [0.15, 0.2) is 0 Å². The smallest absolute Gasteiger partial charge is 0.127 e. The first kappa shape index (κ1) is 16.4. The Morgan fingerprint density at radius 1 is 1.33 bits per heavy atom. The van der Waals surface area contributed by atoms with Gasteiger partial charge in [-0.15, -0.1) is 0 Å². The zero-order chi connectivity index (χ0) is 15.4. The van der Waals surface area contributed by atoms with Crippen LogP contribution >= 0.6 is 0 Å². The summed E-state index contributed by atoms with van der Waals surface area (Å²) in [5, 5.41) is 3.55. The van der Waals surface area contributed by atoms with E-state index in [1.165, 1.54) is 23.4 Å². The van der Waals surface area contributed by atoms with E-state index >= 15 is 0 Å². The molecule has 0 saturated heterocycles. The Bertz CT molecular complexity index is 411. The van der Waals surface area contributed by atoms with Crippen molar-refractivity contribution < 1.29 is 4.74 Å². The Balaban J connectivity index is 1.89. The third-order valence-corrected chi connectivity index (χ3v) is 4.80. The summed E-state index contributed by atoms with van der Waals surface area (Å²) in [4.78, 5) is 2.43. The largest absolute Gasteiger partial charge is 0.388 e. The fraction of sp³-hybridized carbons (Fsp3) is 0.778. The van der Waals surface area contributed by atoms with Gasteiger partial charge in [0.25, 0.3) is 0 Å². The van der Waals surface area contributed by atoms with Gasteiger partial charge in [0, 0.05) is 30.4 Å². The molecule has 0 aromatic carbocycles. The van der Waals surface area contributed by atoms with Crippen molar-refractivity contribution in [3.63, 3.8) is 0 Å². The number of nitrogens with one attached hydrogen (secondary N) is 1. The molecule has 0 unspecified atom stereocenters. The number of nitrogens with zero attached hydrogens (tertiary/aromatic N) is 1. The highest BCUT2D eigenvalue weighted by atomic mass is 16.5. The summed E-state index contributed by atoms with van der Waals surface area (Å²) in [6.45, 7) is 14.3. The fourth-order valence-electron chi connectivity index (χ4n) is 3.47. The average Bonchev–Trinajstić information content (AvgIpc) is 3.08. The van der Waals surface area contributed by atoms with Crippen LogP contribution in [0.4, 0.5) is 0 Å². The molecule has 2 heterocycles. The van der Waals surface area contributed by atoms with E-state index in [1.807, 2.05) is 0 Å². The van der Waals surface area contributed by atoms with E-state index < -0.39 is 0 Å². The Hall–Kier alpha value is -0.960. The molecule has 21 heavy (non-hydrogen) atoms. The summed E-state index contributed by atoms with van der Waals surface area (Å²) in [6.07, 6.45) is 6.03. The summed E-state index contributed by atoms with van der Waals surface area (Å²) < 4.78 is 6.23. The molecule has 0 spiro atoms. The van der Waals surface area contributed by atoms with Crippen molar-refractivity contribution in [2.24, 2.45) is 11.8 Å². The molecule has 0 aromatic rings. The van der Waals surface area contributed by atoms with Gasteiger partial charge in [-0.3, -0.25) is 0 Å². The second-order valence-electron chi connectivity index (χ2n) is 6.67. The van der Waals surface area contributed by atoms with Gasteiger partial charge in [-0.25, -0.2) is 0 Å². The minimum atomic E-state index is 0.178. The summed E-state index contributed by atoms with van der Waals surface area (Å²) in [5.41, 5.74) is 4.40. The third-order valence-electron chi connectivity index (χ3n) is 4.80. The third kappa shape index (κ3) is 3.82. The Morgan fingerprint density at radius 2 is 2.10 bits per heavy atom. The zero-order valence-electron chi connectivity index (χ0n) is 14.4. The molecule has 0 radical (unpaired) electrons. The van der Waals surface area contributed by atoms with E-state index in [0.29, 0.717) is 11.8 Å². The molecule has 3 heteroatoms. The topological polar surface area (TPSA) is 24.5 Å². The first-order chi connectivity index (χ1) is 10.0. The van der Waals surface area contributed by atoms with E-state index in [9.17, 15) is 0 Å². The molecule has 2 aliphatic rings. The van der Waals surface area contributed by atoms with Crippen molar-refractivity contribution in [3.8, 4) is 0 Å². The molecule has 3 nitrogen and oxygen atoms in total. The van der Waals surface area contributed by atoms with Crippen LogP contribution in [0.3, 0.4) is 0 Å². The maximum Gasteiger partial charge on any atom is 0.127 e. The molecular formula is C18H32N2O. The zero-order valence-corrected chi connectivity index (χ0v) is 14.4. The van der Waals surface area contributed by atoms with Crippen molar-refractivity contribution >= 4 is 0 Å². The lowest BCUT2D eigenvalue weighted by Gasteiger charge is -2.32. The van der Waals surface area contributed by atoms with Crippen LogP contribution in [0.2, 0.25) is 0 Å². The molecule has 2 atom stereocenters. The normalized spacial score (nSPS) is 21.8. The maximum absolute atomic E-state index is 6.23. The Labute approximate surface area is 130 Å². The van der Waals surface area contributed by atoms with Crippen molar-refractivity contribution in [1.82, 2.24) is 10.2 Å². The monoisotopic (exact) mass is 292 g/mol. The fourth-order valence-corrected chi connectivity index (χ4v) is 3.47. The summed E-state index contributed by atoms with van der Waals surface area (Å²) in [7, 11) is 0. The van der Waals surface area contributed by atoms with Gasteiger partial charge >= 0.3 is 0 Å². The van der Waals surface area contributed by atoms with Crippen LogP contribution in [0.15, 0.2) is 23.0 Å². The van der Waals surface area contributed by atoms with E-state index in [0.717, 1.165) is 32.5 Å². The lowest BCUT2D eigenvalue weighted by atomic mass is 10.0. The molecule has 2 rings (SSSR count). The van der Waals surface area contributed by atoms with Gasteiger partial charge in [0.2, 0.25) is 0 Å². The summed E-state index contributed by atoms with van der Waals surface area (Å²) >= 11 is 0. The maximum atomic E-state index is 6.23. The molecule has 0 fully saturated rings.